The summed E-state index contributed by atoms with van der Waals surface area (Å²) in [5.41, 5.74) is 2.12. The van der Waals surface area contributed by atoms with Crippen molar-refractivity contribution in [2.45, 2.75) is 12.5 Å². The van der Waals surface area contributed by atoms with E-state index in [1.807, 2.05) is 18.2 Å². The molecule has 0 aromatic heterocycles. The van der Waals surface area contributed by atoms with E-state index in [0.29, 0.717) is 0 Å². The van der Waals surface area contributed by atoms with Crippen molar-refractivity contribution in [3.05, 3.63) is 59.4 Å². The molecule has 1 aliphatic heterocycles. The average molecular weight is 244 g/mol. The van der Waals surface area contributed by atoms with E-state index < -0.39 is 0 Å². The van der Waals surface area contributed by atoms with Gasteiger partial charge in [0.1, 0.15) is 23.4 Å². The first-order valence-corrected chi connectivity index (χ1v) is 5.85. The second-order valence-corrected chi connectivity index (χ2v) is 4.34. The zero-order valence-corrected chi connectivity index (χ0v) is 10.0. The fraction of sp³-hybridized carbons (Fsp3) is 0.200. The molecule has 0 unspecified atom stereocenters. The molecule has 0 saturated heterocycles. The Hall–Kier alpha value is -2.03. The third kappa shape index (κ3) is 1.92. The molecule has 1 heterocycles. The van der Waals surface area contributed by atoms with Gasteiger partial charge in [-0.25, -0.2) is 4.39 Å². The number of ether oxygens (including phenoxy) is 2. The van der Waals surface area contributed by atoms with Crippen LogP contribution in [-0.4, -0.2) is 7.11 Å². The molecule has 0 fully saturated rings. The van der Waals surface area contributed by atoms with Crippen LogP contribution in [0.4, 0.5) is 4.39 Å². The van der Waals surface area contributed by atoms with Crippen LogP contribution in [0.1, 0.15) is 17.2 Å². The number of methoxy groups -OCH3 is 1. The summed E-state index contributed by atoms with van der Waals surface area (Å²) in [4.78, 5) is 0. The average Bonchev–Trinajstić information content (AvgIpc) is 2.82. The summed E-state index contributed by atoms with van der Waals surface area (Å²) in [6.07, 6.45) is 0.755. The zero-order valence-electron chi connectivity index (χ0n) is 10.0. The number of hydrogen-bond acceptors (Lipinski definition) is 2. The fourth-order valence-corrected chi connectivity index (χ4v) is 2.22. The molecule has 1 atom stereocenters. The van der Waals surface area contributed by atoms with Crippen molar-refractivity contribution in [1.29, 1.82) is 0 Å². The largest absolute Gasteiger partial charge is 0.497 e. The Morgan fingerprint density at radius 2 is 1.94 bits per heavy atom. The highest BCUT2D eigenvalue weighted by Gasteiger charge is 2.24. The summed E-state index contributed by atoms with van der Waals surface area (Å²) in [6, 6.07) is 12.2. The lowest BCUT2D eigenvalue weighted by molar-refractivity contribution is 0.238. The van der Waals surface area contributed by atoms with E-state index in [2.05, 4.69) is 0 Å². The Morgan fingerprint density at radius 1 is 1.17 bits per heavy atom. The van der Waals surface area contributed by atoms with Crippen molar-refractivity contribution in [2.75, 3.05) is 7.11 Å². The first kappa shape index (κ1) is 11.1. The van der Waals surface area contributed by atoms with Gasteiger partial charge in [0, 0.05) is 12.0 Å². The van der Waals surface area contributed by atoms with Crippen molar-refractivity contribution in [2.24, 2.45) is 0 Å². The summed E-state index contributed by atoms with van der Waals surface area (Å²) in [7, 11) is 1.65. The first-order chi connectivity index (χ1) is 8.76. The van der Waals surface area contributed by atoms with E-state index in [9.17, 15) is 4.39 Å². The van der Waals surface area contributed by atoms with Gasteiger partial charge >= 0.3 is 0 Å². The minimum Gasteiger partial charge on any atom is -0.497 e. The standard InChI is InChI=1S/C15H13FO2/c1-17-13-6-7-14-11(8-13)9-15(18-14)10-2-4-12(16)5-3-10/h2-8,15H,9H2,1H3/t15-/m0/s1. The van der Waals surface area contributed by atoms with Gasteiger partial charge in [-0.2, -0.15) is 0 Å². The maximum Gasteiger partial charge on any atom is 0.128 e. The number of rotatable bonds is 2. The minimum absolute atomic E-state index is 0.0345. The van der Waals surface area contributed by atoms with Crippen molar-refractivity contribution in [3.8, 4) is 11.5 Å². The van der Waals surface area contributed by atoms with Crippen LogP contribution in [0.5, 0.6) is 11.5 Å². The summed E-state index contributed by atoms with van der Waals surface area (Å²) in [6.45, 7) is 0. The van der Waals surface area contributed by atoms with Gasteiger partial charge in [0.25, 0.3) is 0 Å². The summed E-state index contributed by atoms with van der Waals surface area (Å²) in [5.74, 6) is 1.48. The molecule has 0 radical (unpaired) electrons. The molecule has 0 amide bonds. The molecule has 2 aromatic carbocycles. The predicted octanol–water partition coefficient (Wildman–Crippen LogP) is 3.51. The van der Waals surface area contributed by atoms with Crippen LogP contribution in [0, 0.1) is 5.82 Å². The van der Waals surface area contributed by atoms with Crippen LogP contribution < -0.4 is 9.47 Å². The van der Waals surface area contributed by atoms with Crippen LogP contribution in [0.3, 0.4) is 0 Å². The Labute approximate surface area is 105 Å². The Bertz CT molecular complexity index is 563. The monoisotopic (exact) mass is 244 g/mol. The highest BCUT2D eigenvalue weighted by molar-refractivity contribution is 5.44. The van der Waals surface area contributed by atoms with E-state index in [0.717, 1.165) is 29.0 Å². The van der Waals surface area contributed by atoms with Crippen LogP contribution in [0.2, 0.25) is 0 Å². The van der Waals surface area contributed by atoms with Crippen LogP contribution in [0.15, 0.2) is 42.5 Å². The van der Waals surface area contributed by atoms with Crippen molar-refractivity contribution in [1.82, 2.24) is 0 Å². The Kier molecular flexibility index (Phi) is 2.67. The maximum absolute atomic E-state index is 12.9. The van der Waals surface area contributed by atoms with E-state index in [4.69, 9.17) is 9.47 Å². The molecule has 3 heteroatoms. The number of hydrogen-bond donors (Lipinski definition) is 0. The highest BCUT2D eigenvalue weighted by atomic mass is 19.1. The smallest absolute Gasteiger partial charge is 0.128 e. The van der Waals surface area contributed by atoms with Gasteiger partial charge in [0.2, 0.25) is 0 Å². The zero-order chi connectivity index (χ0) is 12.5. The molecule has 0 spiro atoms. The Balaban J connectivity index is 1.86. The van der Waals surface area contributed by atoms with E-state index >= 15 is 0 Å². The molecular formula is C15H13FO2. The van der Waals surface area contributed by atoms with Crippen molar-refractivity contribution >= 4 is 0 Å². The van der Waals surface area contributed by atoms with Gasteiger partial charge in [0.15, 0.2) is 0 Å². The normalized spacial score (nSPS) is 17.1. The molecule has 0 saturated carbocycles. The third-order valence-electron chi connectivity index (χ3n) is 3.18. The van der Waals surface area contributed by atoms with Crippen molar-refractivity contribution in [3.63, 3.8) is 0 Å². The van der Waals surface area contributed by atoms with Crippen LogP contribution in [-0.2, 0) is 6.42 Å². The lowest BCUT2D eigenvalue weighted by Crippen LogP contribution is -2.02. The first-order valence-electron chi connectivity index (χ1n) is 5.85. The van der Waals surface area contributed by atoms with Gasteiger partial charge in [-0.15, -0.1) is 0 Å². The summed E-state index contributed by atoms with van der Waals surface area (Å²) >= 11 is 0. The molecule has 0 aliphatic carbocycles. The Morgan fingerprint density at radius 3 is 2.67 bits per heavy atom. The summed E-state index contributed by atoms with van der Waals surface area (Å²) in [5, 5.41) is 0. The van der Waals surface area contributed by atoms with Gasteiger partial charge in [-0.1, -0.05) is 12.1 Å². The molecule has 92 valence electrons. The molecule has 2 nitrogen and oxygen atoms in total. The molecule has 0 bridgehead atoms. The topological polar surface area (TPSA) is 18.5 Å². The fourth-order valence-electron chi connectivity index (χ4n) is 2.22. The lowest BCUT2D eigenvalue weighted by Gasteiger charge is -2.10. The van der Waals surface area contributed by atoms with Gasteiger partial charge in [-0.05, 0) is 35.9 Å². The number of fused-ring (bicyclic) bond motifs is 1. The second kappa shape index (κ2) is 4.33. The quantitative estimate of drug-likeness (QED) is 0.804. The van der Waals surface area contributed by atoms with Gasteiger partial charge in [0.05, 0.1) is 7.11 Å². The highest BCUT2D eigenvalue weighted by Crippen LogP contribution is 2.38. The lowest BCUT2D eigenvalue weighted by atomic mass is 10.0. The minimum atomic E-state index is -0.226. The molecule has 0 N–H and O–H groups in total. The van der Waals surface area contributed by atoms with Crippen LogP contribution in [0.25, 0.3) is 0 Å². The number of halogens is 1. The molecule has 2 aromatic rings. The predicted molar refractivity (Wildman–Crippen MR) is 66.5 cm³/mol. The maximum atomic E-state index is 12.9. The van der Waals surface area contributed by atoms with Crippen molar-refractivity contribution < 1.29 is 13.9 Å². The van der Waals surface area contributed by atoms with Crippen LogP contribution >= 0.6 is 0 Å². The van der Waals surface area contributed by atoms with E-state index in [1.165, 1.54) is 12.1 Å². The van der Waals surface area contributed by atoms with E-state index in [1.54, 1.807) is 19.2 Å². The van der Waals surface area contributed by atoms with E-state index in [-0.39, 0.29) is 11.9 Å². The molecule has 3 rings (SSSR count). The molecule has 1 aliphatic rings. The molecular weight excluding hydrogens is 231 g/mol. The number of benzene rings is 2. The van der Waals surface area contributed by atoms with Gasteiger partial charge in [-0.3, -0.25) is 0 Å². The summed E-state index contributed by atoms with van der Waals surface area (Å²) < 4.78 is 23.9. The SMILES string of the molecule is COc1ccc2c(c1)C[C@@H](c1ccc(F)cc1)O2. The second-order valence-electron chi connectivity index (χ2n) is 4.34. The third-order valence-corrected chi connectivity index (χ3v) is 3.18. The molecule has 18 heavy (non-hydrogen) atoms. The van der Waals surface area contributed by atoms with Gasteiger partial charge < -0.3 is 9.47 Å².